The lowest BCUT2D eigenvalue weighted by molar-refractivity contribution is -0.152. The standard InChI is InChI=1S/C12H19N3O2S2/c1-3-17-10(16)12(13-2)6-4-5-9(7-12)19-11-15-14-8-18-11/h8-9,13H,3-7H2,1-2H3. The van der Waals surface area contributed by atoms with E-state index in [4.69, 9.17) is 4.74 Å². The number of ether oxygens (including phenoxy) is 1. The molecular weight excluding hydrogens is 282 g/mol. The molecule has 1 heterocycles. The fourth-order valence-corrected chi connectivity index (χ4v) is 4.54. The summed E-state index contributed by atoms with van der Waals surface area (Å²) < 4.78 is 6.20. The normalized spacial score (nSPS) is 27.2. The van der Waals surface area contributed by atoms with Gasteiger partial charge in [-0.15, -0.1) is 10.2 Å². The number of esters is 1. The zero-order chi connectivity index (χ0) is 13.7. The van der Waals surface area contributed by atoms with Crippen molar-refractivity contribution in [2.45, 2.75) is 47.7 Å². The van der Waals surface area contributed by atoms with Crippen LogP contribution in [-0.4, -0.2) is 40.6 Å². The molecule has 1 aliphatic rings. The molecule has 0 amide bonds. The maximum absolute atomic E-state index is 12.2. The molecule has 1 aromatic heterocycles. The number of carbonyl (C=O) groups excluding carboxylic acids is 1. The largest absolute Gasteiger partial charge is 0.465 e. The third-order valence-electron chi connectivity index (χ3n) is 3.46. The van der Waals surface area contributed by atoms with Gasteiger partial charge in [0.1, 0.15) is 11.0 Å². The van der Waals surface area contributed by atoms with Crippen LogP contribution in [0.1, 0.15) is 32.6 Å². The van der Waals surface area contributed by atoms with Crippen LogP contribution >= 0.6 is 23.1 Å². The number of likely N-dealkylation sites (N-methyl/N-ethyl adjacent to an activating group) is 1. The molecule has 0 saturated heterocycles. The zero-order valence-electron chi connectivity index (χ0n) is 11.2. The Balaban J connectivity index is 2.03. The molecule has 19 heavy (non-hydrogen) atoms. The third-order valence-corrected chi connectivity index (χ3v) is 5.54. The van der Waals surface area contributed by atoms with Gasteiger partial charge >= 0.3 is 5.97 Å². The Bertz CT molecular complexity index is 413. The maximum atomic E-state index is 12.2. The molecule has 1 aliphatic carbocycles. The summed E-state index contributed by atoms with van der Waals surface area (Å²) in [5.74, 6) is -0.125. The molecule has 7 heteroatoms. The second-order valence-corrected chi connectivity index (χ2v) is 6.97. The monoisotopic (exact) mass is 301 g/mol. The van der Waals surface area contributed by atoms with Crippen molar-refractivity contribution in [2.75, 3.05) is 13.7 Å². The van der Waals surface area contributed by atoms with Crippen molar-refractivity contribution in [2.24, 2.45) is 0 Å². The van der Waals surface area contributed by atoms with E-state index in [-0.39, 0.29) is 5.97 Å². The highest BCUT2D eigenvalue weighted by Crippen LogP contribution is 2.39. The van der Waals surface area contributed by atoms with Crippen LogP contribution < -0.4 is 5.32 Å². The fraction of sp³-hybridized carbons (Fsp3) is 0.750. The van der Waals surface area contributed by atoms with E-state index in [0.717, 1.165) is 30.0 Å². The smallest absolute Gasteiger partial charge is 0.326 e. The highest BCUT2D eigenvalue weighted by atomic mass is 32.2. The van der Waals surface area contributed by atoms with Crippen molar-refractivity contribution < 1.29 is 9.53 Å². The molecule has 2 rings (SSSR count). The lowest BCUT2D eigenvalue weighted by Crippen LogP contribution is -2.54. The van der Waals surface area contributed by atoms with E-state index in [9.17, 15) is 4.79 Å². The summed E-state index contributed by atoms with van der Waals surface area (Å²) >= 11 is 3.27. The zero-order valence-corrected chi connectivity index (χ0v) is 12.9. The Kier molecular flexibility index (Phi) is 5.18. The Labute approximate surface area is 121 Å². The predicted octanol–water partition coefficient (Wildman–Crippen LogP) is 2.09. The first kappa shape index (κ1) is 14.7. The van der Waals surface area contributed by atoms with E-state index in [1.807, 2.05) is 14.0 Å². The first-order valence-corrected chi connectivity index (χ1v) is 8.25. The van der Waals surface area contributed by atoms with Gasteiger partial charge < -0.3 is 10.1 Å². The number of hydrogen-bond acceptors (Lipinski definition) is 7. The molecule has 0 bridgehead atoms. The SMILES string of the molecule is CCOC(=O)C1(NC)CCCC(Sc2nncs2)C1. The van der Waals surface area contributed by atoms with Crippen molar-refractivity contribution in [1.82, 2.24) is 15.5 Å². The Hall–Kier alpha value is -0.660. The van der Waals surface area contributed by atoms with Gasteiger partial charge in [-0.2, -0.15) is 0 Å². The topological polar surface area (TPSA) is 64.1 Å². The second-order valence-electron chi connectivity index (χ2n) is 4.59. The minimum atomic E-state index is -0.531. The van der Waals surface area contributed by atoms with Crippen molar-refractivity contribution in [3.05, 3.63) is 5.51 Å². The van der Waals surface area contributed by atoms with Crippen LogP contribution in [0.2, 0.25) is 0 Å². The summed E-state index contributed by atoms with van der Waals surface area (Å²) in [5.41, 5.74) is 1.21. The first-order chi connectivity index (χ1) is 9.20. The van der Waals surface area contributed by atoms with Crippen LogP contribution in [0, 0.1) is 0 Å². The summed E-state index contributed by atoms with van der Waals surface area (Å²) in [4.78, 5) is 12.2. The van der Waals surface area contributed by atoms with Gasteiger partial charge in [-0.1, -0.05) is 23.1 Å². The molecule has 1 N–H and O–H groups in total. The second kappa shape index (κ2) is 6.67. The molecule has 2 atom stereocenters. The van der Waals surface area contributed by atoms with Crippen LogP contribution in [0.5, 0.6) is 0 Å². The molecule has 0 aromatic carbocycles. The summed E-state index contributed by atoms with van der Waals surface area (Å²) in [7, 11) is 1.84. The van der Waals surface area contributed by atoms with Crippen LogP contribution in [0.3, 0.4) is 0 Å². The number of rotatable bonds is 5. The highest BCUT2D eigenvalue weighted by Gasteiger charge is 2.43. The molecule has 0 radical (unpaired) electrons. The molecule has 0 aliphatic heterocycles. The van der Waals surface area contributed by atoms with Gasteiger partial charge in [0.15, 0.2) is 4.34 Å². The lowest BCUT2D eigenvalue weighted by Gasteiger charge is -2.38. The predicted molar refractivity (Wildman–Crippen MR) is 76.4 cm³/mol. The van der Waals surface area contributed by atoms with Crippen LogP contribution in [-0.2, 0) is 9.53 Å². The van der Waals surface area contributed by atoms with Crippen molar-refractivity contribution >= 4 is 29.1 Å². The number of hydrogen-bond donors (Lipinski definition) is 1. The molecule has 1 saturated carbocycles. The fourth-order valence-electron chi connectivity index (χ4n) is 2.47. The van der Waals surface area contributed by atoms with Crippen molar-refractivity contribution in [3.8, 4) is 0 Å². The van der Waals surface area contributed by atoms with Gasteiger partial charge in [-0.3, -0.25) is 4.79 Å². The van der Waals surface area contributed by atoms with E-state index < -0.39 is 5.54 Å². The molecule has 1 aromatic rings. The van der Waals surface area contributed by atoms with Gasteiger partial charge in [-0.25, -0.2) is 0 Å². The Morgan fingerprint density at radius 2 is 2.58 bits per heavy atom. The molecule has 1 fully saturated rings. The summed E-state index contributed by atoms with van der Waals surface area (Å²) in [6.45, 7) is 2.27. The number of aromatic nitrogens is 2. The Morgan fingerprint density at radius 1 is 1.74 bits per heavy atom. The molecule has 2 unspecified atom stereocenters. The summed E-state index contributed by atoms with van der Waals surface area (Å²) in [5, 5.41) is 11.5. The minimum Gasteiger partial charge on any atom is -0.465 e. The lowest BCUT2D eigenvalue weighted by atomic mass is 9.81. The van der Waals surface area contributed by atoms with E-state index in [1.165, 1.54) is 0 Å². The number of nitrogens with one attached hydrogen (secondary N) is 1. The van der Waals surface area contributed by atoms with Crippen molar-refractivity contribution in [3.63, 3.8) is 0 Å². The quantitative estimate of drug-likeness (QED) is 0.840. The highest BCUT2D eigenvalue weighted by molar-refractivity contribution is 8.01. The average Bonchev–Trinajstić information content (AvgIpc) is 2.92. The van der Waals surface area contributed by atoms with E-state index in [2.05, 4.69) is 15.5 Å². The number of carbonyl (C=O) groups is 1. The number of thioether (sulfide) groups is 1. The van der Waals surface area contributed by atoms with E-state index in [1.54, 1.807) is 28.6 Å². The van der Waals surface area contributed by atoms with Crippen LogP contribution in [0.15, 0.2) is 9.85 Å². The van der Waals surface area contributed by atoms with Gasteiger partial charge in [0.25, 0.3) is 0 Å². The van der Waals surface area contributed by atoms with Crippen molar-refractivity contribution in [1.29, 1.82) is 0 Å². The van der Waals surface area contributed by atoms with Gasteiger partial charge in [-0.05, 0) is 39.7 Å². The van der Waals surface area contributed by atoms with Crippen LogP contribution in [0.25, 0.3) is 0 Å². The first-order valence-electron chi connectivity index (χ1n) is 6.49. The molecule has 106 valence electrons. The maximum Gasteiger partial charge on any atom is 0.326 e. The van der Waals surface area contributed by atoms with Gasteiger partial charge in [0, 0.05) is 5.25 Å². The molecular formula is C12H19N3O2S2. The average molecular weight is 301 g/mol. The summed E-state index contributed by atoms with van der Waals surface area (Å²) in [6.07, 6.45) is 3.76. The molecule has 5 nitrogen and oxygen atoms in total. The number of nitrogens with zero attached hydrogens (tertiary/aromatic N) is 2. The van der Waals surface area contributed by atoms with E-state index >= 15 is 0 Å². The summed E-state index contributed by atoms with van der Waals surface area (Å²) in [6, 6.07) is 0. The van der Waals surface area contributed by atoms with Crippen LogP contribution in [0.4, 0.5) is 0 Å². The van der Waals surface area contributed by atoms with Gasteiger partial charge in [0.2, 0.25) is 0 Å². The molecule has 0 spiro atoms. The van der Waals surface area contributed by atoms with E-state index in [0.29, 0.717) is 11.9 Å². The van der Waals surface area contributed by atoms with Gasteiger partial charge in [0.05, 0.1) is 6.61 Å². The Morgan fingerprint density at radius 3 is 3.21 bits per heavy atom. The third kappa shape index (κ3) is 3.46. The minimum absolute atomic E-state index is 0.125.